The molecule has 7 heteroatoms. The van der Waals surface area contributed by atoms with Crippen molar-refractivity contribution in [3.63, 3.8) is 0 Å². The maximum atomic E-state index is 5.67. The van der Waals surface area contributed by atoms with E-state index in [1.165, 1.54) is 16.1 Å². The second kappa shape index (κ2) is 6.99. The van der Waals surface area contributed by atoms with E-state index in [0.717, 1.165) is 28.9 Å². The number of hydrogen-bond acceptors (Lipinski definition) is 5. The predicted molar refractivity (Wildman–Crippen MR) is 111 cm³/mol. The van der Waals surface area contributed by atoms with E-state index >= 15 is 0 Å². The maximum absolute atomic E-state index is 5.67. The fourth-order valence-corrected chi connectivity index (χ4v) is 5.07. The highest BCUT2D eigenvalue weighted by Crippen LogP contribution is 2.36. The van der Waals surface area contributed by atoms with E-state index in [2.05, 4.69) is 28.2 Å². The van der Waals surface area contributed by atoms with Crippen molar-refractivity contribution in [1.29, 1.82) is 0 Å². The van der Waals surface area contributed by atoms with Gasteiger partial charge in [-0.2, -0.15) is 5.10 Å². The number of likely N-dealkylation sites (tertiary alicyclic amines) is 1. The highest BCUT2D eigenvalue weighted by atomic mass is 32.1. The number of para-hydroxylation sites is 2. The SMILES string of the molecule is S=c1n(-c2ccccc2)cnn1CN1CCC[C@@H]1c1nc2ccccc2s1. The van der Waals surface area contributed by atoms with E-state index in [1.807, 2.05) is 45.6 Å². The Balaban J connectivity index is 1.42. The topological polar surface area (TPSA) is 38.9 Å². The van der Waals surface area contributed by atoms with Crippen molar-refractivity contribution in [2.45, 2.75) is 25.6 Å². The molecule has 3 heterocycles. The van der Waals surface area contributed by atoms with Crippen LogP contribution < -0.4 is 0 Å². The van der Waals surface area contributed by atoms with Crippen LogP contribution in [0.15, 0.2) is 60.9 Å². The van der Waals surface area contributed by atoms with Crippen molar-refractivity contribution in [1.82, 2.24) is 24.2 Å². The summed E-state index contributed by atoms with van der Waals surface area (Å²) >= 11 is 7.47. The predicted octanol–water partition coefficient (Wildman–Crippen LogP) is 4.81. The van der Waals surface area contributed by atoms with Crippen molar-refractivity contribution in [2.24, 2.45) is 0 Å². The normalized spacial score (nSPS) is 17.7. The molecule has 136 valence electrons. The van der Waals surface area contributed by atoms with E-state index in [0.29, 0.717) is 12.7 Å². The van der Waals surface area contributed by atoms with Crippen molar-refractivity contribution in [3.05, 3.63) is 70.7 Å². The number of thiazole rings is 1. The van der Waals surface area contributed by atoms with Gasteiger partial charge in [0, 0.05) is 12.2 Å². The smallest absolute Gasteiger partial charge is 0.203 e. The fourth-order valence-electron chi connectivity index (χ4n) is 3.68. The van der Waals surface area contributed by atoms with Gasteiger partial charge in [0.05, 0.1) is 22.9 Å². The van der Waals surface area contributed by atoms with Gasteiger partial charge in [0.15, 0.2) is 0 Å². The molecule has 1 saturated heterocycles. The second-order valence-corrected chi connectivity index (χ2v) is 8.18. The van der Waals surface area contributed by atoms with Crippen LogP contribution >= 0.6 is 23.6 Å². The average molecular weight is 394 g/mol. The van der Waals surface area contributed by atoms with E-state index in [1.54, 1.807) is 17.7 Å². The summed E-state index contributed by atoms with van der Waals surface area (Å²) in [5.74, 6) is 0. The van der Waals surface area contributed by atoms with Crippen LogP contribution in [0.3, 0.4) is 0 Å². The number of fused-ring (bicyclic) bond motifs is 1. The lowest BCUT2D eigenvalue weighted by atomic mass is 10.2. The second-order valence-electron chi connectivity index (χ2n) is 6.75. The first kappa shape index (κ1) is 16.8. The molecule has 2 aromatic carbocycles. The summed E-state index contributed by atoms with van der Waals surface area (Å²) in [6, 6.07) is 18.8. The molecular formula is C20H19N5S2. The Morgan fingerprint density at radius 3 is 2.74 bits per heavy atom. The molecule has 0 aliphatic carbocycles. The molecule has 0 radical (unpaired) electrons. The first-order valence-electron chi connectivity index (χ1n) is 9.09. The van der Waals surface area contributed by atoms with Crippen molar-refractivity contribution >= 4 is 33.8 Å². The Labute approximate surface area is 166 Å². The maximum Gasteiger partial charge on any atom is 0.203 e. The Hall–Kier alpha value is -2.35. The van der Waals surface area contributed by atoms with E-state index in [-0.39, 0.29) is 0 Å². The summed E-state index contributed by atoms with van der Waals surface area (Å²) < 4.78 is 5.84. The van der Waals surface area contributed by atoms with Gasteiger partial charge in [0.25, 0.3) is 0 Å². The van der Waals surface area contributed by atoms with Crippen LogP contribution in [-0.2, 0) is 6.67 Å². The molecular weight excluding hydrogens is 374 g/mol. The minimum atomic E-state index is 0.339. The van der Waals surface area contributed by atoms with Gasteiger partial charge in [-0.1, -0.05) is 30.3 Å². The van der Waals surface area contributed by atoms with Crippen LogP contribution in [0.1, 0.15) is 23.9 Å². The minimum Gasteiger partial charge on any atom is -0.275 e. The average Bonchev–Trinajstić information content (AvgIpc) is 3.41. The highest BCUT2D eigenvalue weighted by molar-refractivity contribution is 7.71. The Morgan fingerprint density at radius 2 is 1.89 bits per heavy atom. The van der Waals surface area contributed by atoms with Gasteiger partial charge in [-0.3, -0.25) is 9.47 Å². The Bertz CT molecular complexity index is 1090. The molecule has 0 amide bonds. The molecule has 0 saturated carbocycles. The number of nitrogens with zero attached hydrogens (tertiary/aromatic N) is 5. The van der Waals surface area contributed by atoms with Gasteiger partial charge in [-0.25, -0.2) is 9.67 Å². The molecule has 1 fully saturated rings. The summed E-state index contributed by atoms with van der Waals surface area (Å²) in [6.45, 7) is 1.74. The molecule has 5 rings (SSSR count). The minimum absolute atomic E-state index is 0.339. The zero-order chi connectivity index (χ0) is 18.2. The van der Waals surface area contributed by atoms with E-state index < -0.39 is 0 Å². The molecule has 5 nitrogen and oxygen atoms in total. The quantitative estimate of drug-likeness (QED) is 0.467. The molecule has 0 unspecified atom stereocenters. The number of benzene rings is 2. The Morgan fingerprint density at radius 1 is 1.07 bits per heavy atom. The molecule has 0 N–H and O–H groups in total. The third kappa shape index (κ3) is 3.12. The zero-order valence-corrected chi connectivity index (χ0v) is 16.4. The van der Waals surface area contributed by atoms with Gasteiger partial charge in [0.1, 0.15) is 11.3 Å². The van der Waals surface area contributed by atoms with Gasteiger partial charge >= 0.3 is 0 Å². The highest BCUT2D eigenvalue weighted by Gasteiger charge is 2.29. The third-order valence-corrected chi connectivity index (χ3v) is 6.59. The van der Waals surface area contributed by atoms with E-state index in [4.69, 9.17) is 17.2 Å². The summed E-state index contributed by atoms with van der Waals surface area (Å²) in [5.41, 5.74) is 2.13. The third-order valence-electron chi connectivity index (χ3n) is 5.04. The lowest BCUT2D eigenvalue weighted by molar-refractivity contribution is 0.190. The number of hydrogen-bond donors (Lipinski definition) is 0. The van der Waals surface area contributed by atoms with Gasteiger partial charge in [0.2, 0.25) is 4.77 Å². The van der Waals surface area contributed by atoms with Gasteiger partial charge < -0.3 is 0 Å². The molecule has 2 aromatic heterocycles. The van der Waals surface area contributed by atoms with Gasteiger partial charge in [-0.15, -0.1) is 11.3 Å². The molecule has 0 bridgehead atoms. The van der Waals surface area contributed by atoms with Crippen molar-refractivity contribution in [3.8, 4) is 5.69 Å². The molecule has 1 aliphatic rings. The van der Waals surface area contributed by atoms with Crippen LogP contribution in [0.5, 0.6) is 0 Å². The van der Waals surface area contributed by atoms with Crippen molar-refractivity contribution in [2.75, 3.05) is 6.54 Å². The first-order valence-corrected chi connectivity index (χ1v) is 10.3. The first-order chi connectivity index (χ1) is 13.3. The van der Waals surface area contributed by atoms with Crippen LogP contribution in [0.2, 0.25) is 0 Å². The molecule has 4 aromatic rings. The van der Waals surface area contributed by atoms with Crippen LogP contribution in [0.25, 0.3) is 15.9 Å². The summed E-state index contributed by atoms with van der Waals surface area (Å²) in [7, 11) is 0. The monoisotopic (exact) mass is 393 g/mol. The standard InChI is InChI=1S/C20H19N5S2/c26-20-24(15-7-2-1-3-8-15)13-21-25(20)14-23-12-6-10-17(23)19-22-16-9-4-5-11-18(16)27-19/h1-5,7-9,11,13,17H,6,10,12,14H2/t17-/m1/s1. The molecule has 0 spiro atoms. The van der Waals surface area contributed by atoms with Crippen LogP contribution in [-0.4, -0.2) is 30.8 Å². The molecule has 1 aliphatic heterocycles. The summed E-state index contributed by atoms with van der Waals surface area (Å²) in [4.78, 5) is 7.32. The Kier molecular flexibility index (Phi) is 4.35. The molecule has 1 atom stereocenters. The fraction of sp³-hybridized carbons (Fsp3) is 0.250. The number of aromatic nitrogens is 4. The lowest BCUT2D eigenvalue weighted by Crippen LogP contribution is -2.27. The summed E-state index contributed by atoms with van der Waals surface area (Å²) in [5, 5.41) is 5.74. The lowest BCUT2D eigenvalue weighted by Gasteiger charge is -2.22. The summed E-state index contributed by atoms with van der Waals surface area (Å²) in [6.07, 6.45) is 4.11. The van der Waals surface area contributed by atoms with Crippen LogP contribution in [0, 0.1) is 4.77 Å². The van der Waals surface area contributed by atoms with Crippen molar-refractivity contribution < 1.29 is 0 Å². The zero-order valence-electron chi connectivity index (χ0n) is 14.7. The molecule has 27 heavy (non-hydrogen) atoms. The van der Waals surface area contributed by atoms with E-state index in [9.17, 15) is 0 Å². The largest absolute Gasteiger partial charge is 0.275 e. The van der Waals surface area contributed by atoms with Gasteiger partial charge in [-0.05, 0) is 49.3 Å². The number of rotatable bonds is 4. The van der Waals surface area contributed by atoms with Crippen LogP contribution in [0.4, 0.5) is 0 Å².